The molecule has 1 fully saturated rings. The Labute approximate surface area is 660 Å². The van der Waals surface area contributed by atoms with Gasteiger partial charge in [0, 0.05) is 32.9 Å². The van der Waals surface area contributed by atoms with Crippen LogP contribution < -0.4 is 0 Å². The maximum absolute atomic E-state index is 2.52. The Bertz CT molecular complexity index is 7720. The number of rotatable bonds is 8. The molecule has 0 N–H and O–H groups in total. The minimum atomic E-state index is 0.594. The molecule has 2 nitrogen and oxygen atoms in total. The van der Waals surface area contributed by atoms with Crippen molar-refractivity contribution < 1.29 is 0 Å². The van der Waals surface area contributed by atoms with E-state index in [1.54, 1.807) is 5.56 Å². The first kappa shape index (κ1) is 65.7. The van der Waals surface area contributed by atoms with Crippen molar-refractivity contribution in [3.8, 4) is 67.0 Å². The number of fused-ring (bicyclic) bond motifs is 20. The molecule has 534 valence electrons. The van der Waals surface area contributed by atoms with Crippen LogP contribution in [0.3, 0.4) is 0 Å². The molecule has 24 rings (SSSR count). The van der Waals surface area contributed by atoms with Gasteiger partial charge in [-0.1, -0.05) is 353 Å². The summed E-state index contributed by atoms with van der Waals surface area (Å²) in [4.78, 5) is 0. The van der Waals surface area contributed by atoms with E-state index in [1.807, 2.05) is 0 Å². The average molecular weight is 1450 g/mol. The third-order valence-corrected chi connectivity index (χ3v) is 25.3. The zero-order valence-electron chi connectivity index (χ0n) is 63.0. The highest BCUT2D eigenvalue weighted by atomic mass is 15.0. The van der Waals surface area contributed by atoms with Crippen molar-refractivity contribution in [2.45, 2.75) is 38.0 Å². The van der Waals surface area contributed by atoms with Crippen molar-refractivity contribution in [1.82, 2.24) is 9.13 Å². The SMILES string of the molecule is c1ccc(-c2c3ccccc3c(-c3ccc(-n4c5ccc6ccccc6c5c5c6cc7ccccc7c(-c7ccccc7)c6ccc54)cc3)c3ccccc23)cc1.c1ccc(-c2c3ccccc3c(-c3ccc(-n4c5ccc6ccccc6c5c5c6cc7ccccc7c(C7CCCCC7)c6ccc54)cc3)c3ccccc23)cc1. The Morgan fingerprint density at radius 3 is 0.825 bits per heavy atom. The quantitative estimate of drug-likeness (QED) is 0.134. The van der Waals surface area contributed by atoms with Crippen LogP contribution in [0.15, 0.2) is 394 Å². The van der Waals surface area contributed by atoms with E-state index in [9.17, 15) is 0 Å². The van der Waals surface area contributed by atoms with Crippen molar-refractivity contribution >= 4 is 151 Å². The highest BCUT2D eigenvalue weighted by molar-refractivity contribution is 6.33. The third kappa shape index (κ3) is 10.3. The summed E-state index contributed by atoms with van der Waals surface area (Å²) in [6, 6.07) is 146. The first-order valence-electron chi connectivity index (χ1n) is 40.5. The van der Waals surface area contributed by atoms with E-state index in [0.29, 0.717) is 5.92 Å². The van der Waals surface area contributed by atoms with Gasteiger partial charge in [-0.05, 0) is 248 Å². The number of aromatic nitrogens is 2. The second-order valence-corrected chi connectivity index (χ2v) is 31.3. The molecule has 0 radical (unpaired) electrons. The van der Waals surface area contributed by atoms with Crippen molar-refractivity contribution in [3.05, 3.63) is 400 Å². The number of nitrogens with zero attached hydrogens (tertiary/aromatic N) is 2. The minimum absolute atomic E-state index is 0.594. The fraction of sp³-hybridized carbons (Fsp3) is 0.0536. The van der Waals surface area contributed by atoms with Gasteiger partial charge < -0.3 is 9.13 Å². The fourth-order valence-electron chi connectivity index (χ4n) is 20.4. The van der Waals surface area contributed by atoms with E-state index < -0.39 is 0 Å². The fourth-order valence-corrected chi connectivity index (χ4v) is 20.4. The lowest BCUT2D eigenvalue weighted by Gasteiger charge is -2.25. The second kappa shape index (κ2) is 26.8. The van der Waals surface area contributed by atoms with Crippen LogP contribution in [0, 0.1) is 0 Å². The number of benzene rings is 21. The molecule has 2 aromatic heterocycles. The summed E-state index contributed by atoms with van der Waals surface area (Å²) in [5.74, 6) is 0.594. The van der Waals surface area contributed by atoms with Gasteiger partial charge in [0.15, 0.2) is 0 Å². The minimum Gasteiger partial charge on any atom is -0.309 e. The molecule has 23 aromatic rings. The van der Waals surface area contributed by atoms with Crippen molar-refractivity contribution in [2.75, 3.05) is 0 Å². The van der Waals surface area contributed by atoms with Gasteiger partial charge in [-0.3, -0.25) is 0 Å². The molecular formula is C112H76N2. The van der Waals surface area contributed by atoms with E-state index in [0.717, 1.165) is 5.69 Å². The van der Waals surface area contributed by atoms with Crippen LogP contribution in [0.25, 0.3) is 218 Å². The Balaban J connectivity index is 0.000000135. The smallest absolute Gasteiger partial charge is 0.0547 e. The highest BCUT2D eigenvalue weighted by Crippen LogP contribution is 2.51. The molecule has 2 heteroatoms. The lowest BCUT2D eigenvalue weighted by Crippen LogP contribution is -2.06. The molecule has 0 unspecified atom stereocenters. The van der Waals surface area contributed by atoms with Crippen LogP contribution in [-0.4, -0.2) is 9.13 Å². The van der Waals surface area contributed by atoms with Crippen molar-refractivity contribution in [1.29, 1.82) is 0 Å². The van der Waals surface area contributed by atoms with E-state index in [-0.39, 0.29) is 0 Å². The summed E-state index contributed by atoms with van der Waals surface area (Å²) in [5, 5.41) is 31.2. The predicted molar refractivity (Wildman–Crippen MR) is 490 cm³/mol. The van der Waals surface area contributed by atoms with Crippen molar-refractivity contribution in [3.63, 3.8) is 0 Å². The van der Waals surface area contributed by atoms with Gasteiger partial charge in [-0.25, -0.2) is 0 Å². The maximum atomic E-state index is 2.52. The maximum Gasteiger partial charge on any atom is 0.0547 e. The van der Waals surface area contributed by atoms with Gasteiger partial charge in [-0.15, -0.1) is 0 Å². The van der Waals surface area contributed by atoms with Gasteiger partial charge in [-0.2, -0.15) is 0 Å². The third-order valence-electron chi connectivity index (χ3n) is 25.3. The molecule has 0 amide bonds. The van der Waals surface area contributed by atoms with Crippen molar-refractivity contribution in [2.24, 2.45) is 0 Å². The molecule has 0 saturated heterocycles. The summed E-state index contributed by atoms with van der Waals surface area (Å²) in [5.41, 5.74) is 21.4. The topological polar surface area (TPSA) is 9.86 Å². The first-order valence-corrected chi connectivity index (χ1v) is 40.5. The van der Waals surface area contributed by atoms with Gasteiger partial charge >= 0.3 is 0 Å². The van der Waals surface area contributed by atoms with E-state index >= 15 is 0 Å². The van der Waals surface area contributed by atoms with Crippen LogP contribution in [0.4, 0.5) is 0 Å². The molecule has 1 saturated carbocycles. The monoisotopic (exact) mass is 1450 g/mol. The summed E-state index contributed by atoms with van der Waals surface area (Å²) in [6.45, 7) is 0. The lowest BCUT2D eigenvalue weighted by molar-refractivity contribution is 0.447. The molecule has 0 atom stereocenters. The van der Waals surface area contributed by atoms with Crippen LogP contribution in [-0.2, 0) is 0 Å². The van der Waals surface area contributed by atoms with E-state index in [2.05, 4.69) is 403 Å². The lowest BCUT2D eigenvalue weighted by atomic mass is 9.79. The molecule has 2 heterocycles. The average Bonchev–Trinajstić information content (AvgIpc) is 1.54. The summed E-state index contributed by atoms with van der Waals surface area (Å²) in [6.07, 6.45) is 6.54. The zero-order chi connectivity index (χ0) is 74.9. The van der Waals surface area contributed by atoms with Crippen LogP contribution >= 0.6 is 0 Å². The van der Waals surface area contributed by atoms with Crippen LogP contribution in [0.5, 0.6) is 0 Å². The van der Waals surface area contributed by atoms with Crippen LogP contribution in [0.1, 0.15) is 43.6 Å². The molecule has 1 aliphatic carbocycles. The second-order valence-electron chi connectivity index (χ2n) is 31.3. The van der Waals surface area contributed by atoms with Gasteiger partial charge in [0.1, 0.15) is 0 Å². The predicted octanol–water partition coefficient (Wildman–Crippen LogP) is 31.5. The molecular weight excluding hydrogens is 1370 g/mol. The molecule has 0 spiro atoms. The number of hydrogen-bond donors (Lipinski definition) is 0. The Morgan fingerprint density at radius 1 is 0.175 bits per heavy atom. The Hall–Kier alpha value is -14.2. The molecule has 21 aromatic carbocycles. The molecule has 1 aliphatic rings. The normalized spacial score (nSPS) is 12.9. The highest BCUT2D eigenvalue weighted by Gasteiger charge is 2.27. The standard InChI is InChI=1S/C56H41N.C56H35N/c2*1-3-16-37(17-4-1)52-43-22-10-8-20-40(43)35-49-48(52)32-34-51-56(49)55-42-21-9-7-15-36(42)29-33-50(55)57(51)41-30-27-39(28-31-41)54-46-25-13-11-23-44(46)53(38-18-5-2-6-19-38)45-24-12-14-26-47(45)54/h2,5-15,18-35,37H,1,3-4,16-17H2;1-35H. The summed E-state index contributed by atoms with van der Waals surface area (Å²) >= 11 is 0. The van der Waals surface area contributed by atoms with Crippen LogP contribution in [0.2, 0.25) is 0 Å². The van der Waals surface area contributed by atoms with E-state index in [4.69, 9.17) is 0 Å². The van der Waals surface area contributed by atoms with Gasteiger partial charge in [0.2, 0.25) is 0 Å². The molecule has 0 aliphatic heterocycles. The Kier molecular flexibility index (Phi) is 15.4. The summed E-state index contributed by atoms with van der Waals surface area (Å²) in [7, 11) is 0. The largest absolute Gasteiger partial charge is 0.309 e. The van der Waals surface area contributed by atoms with Gasteiger partial charge in [0.25, 0.3) is 0 Å². The Morgan fingerprint density at radius 2 is 0.439 bits per heavy atom. The van der Waals surface area contributed by atoms with E-state index in [1.165, 1.54) is 245 Å². The van der Waals surface area contributed by atoms with Gasteiger partial charge in [0.05, 0.1) is 22.1 Å². The summed E-state index contributed by atoms with van der Waals surface area (Å²) < 4.78 is 5.00. The number of hydrogen-bond acceptors (Lipinski definition) is 0. The zero-order valence-corrected chi connectivity index (χ0v) is 63.0. The first-order chi connectivity index (χ1) is 56.6. The molecule has 0 bridgehead atoms. The molecule has 114 heavy (non-hydrogen) atoms.